The van der Waals surface area contributed by atoms with Crippen LogP contribution in [0.15, 0.2) is 24.3 Å². The molecular formula is C19H26N2O4. The Bertz CT molecular complexity index is 646. The molecule has 0 spiro atoms. The SMILES string of the molecule is CC(C)(C)OC(=O)N(CC1CC1)C1CC1c1ccc(NC(=O)O)cc1. The molecule has 2 fully saturated rings. The molecule has 2 aliphatic carbocycles. The zero-order chi connectivity index (χ0) is 18.2. The normalized spacial score (nSPS) is 22.2. The number of hydrogen-bond acceptors (Lipinski definition) is 3. The summed E-state index contributed by atoms with van der Waals surface area (Å²) < 4.78 is 5.59. The lowest BCUT2D eigenvalue weighted by molar-refractivity contribution is 0.0220. The van der Waals surface area contributed by atoms with Crippen LogP contribution in [0.1, 0.15) is 51.5 Å². The average Bonchev–Trinajstić information content (AvgIpc) is 3.38. The Morgan fingerprint density at radius 1 is 1.24 bits per heavy atom. The van der Waals surface area contributed by atoms with Gasteiger partial charge in [-0.2, -0.15) is 0 Å². The predicted molar refractivity (Wildman–Crippen MR) is 94.9 cm³/mol. The lowest BCUT2D eigenvalue weighted by Crippen LogP contribution is -2.40. The maximum Gasteiger partial charge on any atom is 0.410 e. The summed E-state index contributed by atoms with van der Waals surface area (Å²) in [5.41, 5.74) is 1.19. The highest BCUT2D eigenvalue weighted by Gasteiger charge is 2.47. The van der Waals surface area contributed by atoms with Gasteiger partial charge in [0.2, 0.25) is 0 Å². The third-order valence-corrected chi connectivity index (χ3v) is 4.53. The van der Waals surface area contributed by atoms with Crippen LogP contribution in [0.2, 0.25) is 0 Å². The molecule has 0 radical (unpaired) electrons. The molecule has 3 rings (SSSR count). The largest absolute Gasteiger partial charge is 0.465 e. The molecule has 2 saturated carbocycles. The Morgan fingerprint density at radius 3 is 2.40 bits per heavy atom. The minimum atomic E-state index is -1.07. The smallest absolute Gasteiger partial charge is 0.410 e. The van der Waals surface area contributed by atoms with Crippen LogP contribution in [0, 0.1) is 5.92 Å². The Kier molecular flexibility index (Phi) is 4.62. The highest BCUT2D eigenvalue weighted by atomic mass is 16.6. The highest BCUT2D eigenvalue weighted by molar-refractivity contribution is 5.82. The topological polar surface area (TPSA) is 78.9 Å². The first-order valence-corrected chi connectivity index (χ1v) is 8.82. The van der Waals surface area contributed by atoms with E-state index in [0.717, 1.165) is 18.5 Å². The van der Waals surface area contributed by atoms with Crippen molar-refractivity contribution in [3.63, 3.8) is 0 Å². The van der Waals surface area contributed by atoms with Gasteiger partial charge in [0.05, 0.1) is 0 Å². The number of carbonyl (C=O) groups excluding carboxylic acids is 1. The standard InChI is InChI=1S/C19H26N2O4/c1-19(2,3)25-18(24)21(11-12-4-5-12)16-10-15(16)13-6-8-14(9-7-13)20-17(22)23/h6-9,12,15-16,20H,4-5,10-11H2,1-3H3,(H,22,23). The van der Waals surface area contributed by atoms with Crippen molar-refractivity contribution >= 4 is 17.9 Å². The minimum Gasteiger partial charge on any atom is -0.465 e. The molecule has 6 nitrogen and oxygen atoms in total. The summed E-state index contributed by atoms with van der Waals surface area (Å²) in [5, 5.41) is 11.1. The Hall–Kier alpha value is -2.24. The van der Waals surface area contributed by atoms with E-state index >= 15 is 0 Å². The molecular weight excluding hydrogens is 320 g/mol. The van der Waals surface area contributed by atoms with Crippen LogP contribution >= 0.6 is 0 Å². The molecule has 2 aliphatic rings. The third kappa shape index (κ3) is 4.87. The first-order chi connectivity index (χ1) is 11.7. The summed E-state index contributed by atoms with van der Waals surface area (Å²) in [6.45, 7) is 6.44. The molecule has 0 bridgehead atoms. The Labute approximate surface area is 148 Å². The van der Waals surface area contributed by atoms with Gasteiger partial charge in [-0.25, -0.2) is 9.59 Å². The molecule has 25 heavy (non-hydrogen) atoms. The van der Waals surface area contributed by atoms with Crippen LogP contribution in [-0.2, 0) is 4.74 Å². The first kappa shape index (κ1) is 17.6. The van der Waals surface area contributed by atoms with Gasteiger partial charge in [0.1, 0.15) is 5.60 Å². The fourth-order valence-corrected chi connectivity index (χ4v) is 3.07. The van der Waals surface area contributed by atoms with E-state index in [1.165, 1.54) is 12.8 Å². The molecule has 1 aromatic rings. The van der Waals surface area contributed by atoms with Crippen LogP contribution < -0.4 is 5.32 Å². The molecule has 136 valence electrons. The summed E-state index contributed by atoms with van der Waals surface area (Å²) in [4.78, 5) is 25.2. The van der Waals surface area contributed by atoms with E-state index in [4.69, 9.17) is 9.84 Å². The first-order valence-electron chi connectivity index (χ1n) is 8.82. The maximum atomic E-state index is 12.6. The van der Waals surface area contributed by atoms with E-state index in [9.17, 15) is 9.59 Å². The van der Waals surface area contributed by atoms with E-state index in [-0.39, 0.29) is 12.1 Å². The fourth-order valence-electron chi connectivity index (χ4n) is 3.07. The van der Waals surface area contributed by atoms with Crippen molar-refractivity contribution in [2.24, 2.45) is 5.92 Å². The van der Waals surface area contributed by atoms with E-state index in [1.54, 1.807) is 12.1 Å². The van der Waals surface area contributed by atoms with Gasteiger partial charge in [-0.15, -0.1) is 0 Å². The summed E-state index contributed by atoms with van der Waals surface area (Å²) in [6.07, 6.45) is 2.00. The Balaban J connectivity index is 1.65. The van der Waals surface area contributed by atoms with Crippen molar-refractivity contribution in [2.75, 3.05) is 11.9 Å². The lowest BCUT2D eigenvalue weighted by Gasteiger charge is -2.28. The minimum absolute atomic E-state index is 0.175. The molecule has 0 aliphatic heterocycles. The quantitative estimate of drug-likeness (QED) is 0.834. The van der Waals surface area contributed by atoms with Crippen molar-refractivity contribution in [1.82, 2.24) is 4.90 Å². The van der Waals surface area contributed by atoms with Gasteiger partial charge in [-0.3, -0.25) is 5.32 Å². The summed E-state index contributed by atoms with van der Waals surface area (Å²) in [7, 11) is 0. The lowest BCUT2D eigenvalue weighted by atomic mass is 10.1. The molecule has 0 aromatic heterocycles. The van der Waals surface area contributed by atoms with Gasteiger partial charge in [0, 0.05) is 24.2 Å². The molecule has 2 unspecified atom stereocenters. The molecule has 1 aromatic carbocycles. The second-order valence-corrected chi connectivity index (χ2v) is 8.04. The number of ether oxygens (including phenoxy) is 1. The number of amides is 2. The average molecular weight is 346 g/mol. The predicted octanol–water partition coefficient (Wildman–Crippen LogP) is 4.28. The van der Waals surface area contributed by atoms with Crippen LogP contribution in [0.5, 0.6) is 0 Å². The number of hydrogen-bond donors (Lipinski definition) is 2. The number of nitrogens with one attached hydrogen (secondary N) is 1. The zero-order valence-electron chi connectivity index (χ0n) is 15.0. The number of nitrogens with zero attached hydrogens (tertiary/aromatic N) is 1. The second kappa shape index (κ2) is 6.58. The Morgan fingerprint density at radius 2 is 1.88 bits per heavy atom. The van der Waals surface area contributed by atoms with Gasteiger partial charge >= 0.3 is 12.2 Å². The molecule has 0 saturated heterocycles. The van der Waals surface area contributed by atoms with Gasteiger partial charge in [0.15, 0.2) is 0 Å². The molecule has 0 heterocycles. The highest BCUT2D eigenvalue weighted by Crippen LogP contribution is 2.46. The molecule has 2 amide bonds. The van der Waals surface area contributed by atoms with Gasteiger partial charge in [-0.05, 0) is 63.6 Å². The number of carbonyl (C=O) groups is 2. The number of carboxylic acid groups (broad SMARTS) is 1. The van der Waals surface area contributed by atoms with Crippen molar-refractivity contribution in [1.29, 1.82) is 0 Å². The summed E-state index contributed by atoms with van der Waals surface area (Å²) >= 11 is 0. The van der Waals surface area contributed by atoms with Crippen LogP contribution in [0.25, 0.3) is 0 Å². The monoisotopic (exact) mass is 346 g/mol. The van der Waals surface area contributed by atoms with Crippen molar-refractivity contribution < 1.29 is 19.4 Å². The van der Waals surface area contributed by atoms with Crippen molar-refractivity contribution in [3.05, 3.63) is 29.8 Å². The van der Waals surface area contributed by atoms with Crippen LogP contribution in [-0.4, -0.2) is 40.4 Å². The van der Waals surface area contributed by atoms with E-state index in [1.807, 2.05) is 37.8 Å². The molecule has 2 N–H and O–H groups in total. The second-order valence-electron chi connectivity index (χ2n) is 8.04. The van der Waals surface area contributed by atoms with E-state index in [2.05, 4.69) is 5.32 Å². The zero-order valence-corrected chi connectivity index (χ0v) is 15.0. The molecule has 2 atom stereocenters. The van der Waals surface area contributed by atoms with Crippen LogP contribution in [0.4, 0.5) is 15.3 Å². The number of rotatable bonds is 5. The number of anilines is 1. The number of benzene rings is 1. The van der Waals surface area contributed by atoms with Crippen LogP contribution in [0.3, 0.4) is 0 Å². The van der Waals surface area contributed by atoms with E-state index in [0.29, 0.717) is 17.5 Å². The van der Waals surface area contributed by atoms with Gasteiger partial charge in [0.25, 0.3) is 0 Å². The van der Waals surface area contributed by atoms with Gasteiger partial charge < -0.3 is 14.7 Å². The summed E-state index contributed by atoms with van der Waals surface area (Å²) in [5.74, 6) is 0.904. The van der Waals surface area contributed by atoms with E-state index < -0.39 is 11.7 Å². The maximum absolute atomic E-state index is 12.6. The third-order valence-electron chi connectivity index (χ3n) is 4.53. The van der Waals surface area contributed by atoms with Crippen molar-refractivity contribution in [2.45, 2.75) is 57.6 Å². The fraction of sp³-hybridized carbons (Fsp3) is 0.579. The summed E-state index contributed by atoms with van der Waals surface area (Å²) in [6, 6.07) is 7.56. The molecule has 6 heteroatoms. The van der Waals surface area contributed by atoms with Crippen molar-refractivity contribution in [3.8, 4) is 0 Å². The van der Waals surface area contributed by atoms with Gasteiger partial charge in [-0.1, -0.05) is 12.1 Å².